The molecule has 4 nitrogen and oxygen atoms in total. The zero-order valence-corrected chi connectivity index (χ0v) is 16.8. The number of nitriles is 1. The number of pyridine rings is 1. The maximum absolute atomic E-state index is 12.9. The lowest BCUT2D eigenvalue weighted by molar-refractivity contribution is -0.137. The normalized spacial score (nSPS) is 11.6. The minimum Gasteiger partial charge on any atom is -0.314 e. The molecule has 4 rings (SSSR count). The van der Waals surface area contributed by atoms with Gasteiger partial charge in [0, 0.05) is 6.20 Å². The Morgan fingerprint density at radius 2 is 1.90 bits per heavy atom. The van der Waals surface area contributed by atoms with Crippen LogP contribution in [0.2, 0.25) is 5.02 Å². The summed E-state index contributed by atoms with van der Waals surface area (Å²) in [7, 11) is 0. The first-order chi connectivity index (χ1) is 14.3. The molecule has 0 spiro atoms. The molecule has 30 heavy (non-hydrogen) atoms. The summed E-state index contributed by atoms with van der Waals surface area (Å²) in [4.78, 5) is 8.50. The van der Waals surface area contributed by atoms with E-state index in [0.29, 0.717) is 17.3 Å². The monoisotopic (exact) mass is 444 g/mol. The molecule has 0 aliphatic heterocycles. The maximum Gasteiger partial charge on any atom is 0.417 e. The second kappa shape index (κ2) is 8.01. The number of hydrogen-bond donors (Lipinski definition) is 0. The van der Waals surface area contributed by atoms with Crippen molar-refractivity contribution in [2.45, 2.75) is 22.9 Å². The third kappa shape index (κ3) is 4.13. The van der Waals surface area contributed by atoms with Crippen molar-refractivity contribution in [2.75, 3.05) is 0 Å². The van der Waals surface area contributed by atoms with Crippen LogP contribution in [0.4, 0.5) is 13.2 Å². The number of benzene rings is 2. The molecule has 0 unspecified atom stereocenters. The van der Waals surface area contributed by atoms with Crippen LogP contribution in [0.5, 0.6) is 0 Å². The molecule has 4 aromatic rings. The van der Waals surface area contributed by atoms with E-state index in [1.807, 2.05) is 34.9 Å². The summed E-state index contributed by atoms with van der Waals surface area (Å²) in [5.41, 5.74) is 2.12. The average molecular weight is 445 g/mol. The highest BCUT2D eigenvalue weighted by Gasteiger charge is 2.31. The Labute approximate surface area is 178 Å². The molecular formula is C21H12ClF3N4S. The Bertz CT molecular complexity index is 1280. The van der Waals surface area contributed by atoms with Crippen molar-refractivity contribution in [1.29, 1.82) is 5.26 Å². The molecule has 0 N–H and O–H groups in total. The van der Waals surface area contributed by atoms with Crippen molar-refractivity contribution >= 4 is 34.4 Å². The highest BCUT2D eigenvalue weighted by molar-refractivity contribution is 7.99. The molecule has 0 aliphatic rings. The summed E-state index contributed by atoms with van der Waals surface area (Å²) in [6, 6.07) is 17.7. The van der Waals surface area contributed by atoms with Gasteiger partial charge < -0.3 is 4.57 Å². The van der Waals surface area contributed by atoms with Crippen LogP contribution in [0.15, 0.2) is 71.0 Å². The van der Waals surface area contributed by atoms with Gasteiger partial charge in [0.2, 0.25) is 0 Å². The van der Waals surface area contributed by atoms with E-state index in [1.165, 1.54) is 0 Å². The fraction of sp³-hybridized carbons (Fsp3) is 0.0952. The third-order valence-electron chi connectivity index (χ3n) is 4.34. The van der Waals surface area contributed by atoms with Gasteiger partial charge in [0.15, 0.2) is 5.16 Å². The van der Waals surface area contributed by atoms with E-state index in [1.54, 1.807) is 18.2 Å². The lowest BCUT2D eigenvalue weighted by atomic mass is 10.1. The minimum absolute atomic E-state index is 0.0973. The van der Waals surface area contributed by atoms with Gasteiger partial charge in [0.05, 0.1) is 39.8 Å². The number of fused-ring (bicyclic) bond motifs is 1. The summed E-state index contributed by atoms with van der Waals surface area (Å²) < 4.78 is 40.6. The molecule has 2 aromatic carbocycles. The van der Waals surface area contributed by atoms with Crippen molar-refractivity contribution in [3.8, 4) is 6.07 Å². The van der Waals surface area contributed by atoms with E-state index in [-0.39, 0.29) is 10.0 Å². The van der Waals surface area contributed by atoms with Gasteiger partial charge in [-0.05, 0) is 47.7 Å². The summed E-state index contributed by atoms with van der Waals surface area (Å²) in [6.07, 6.45) is -3.75. The van der Waals surface area contributed by atoms with Gasteiger partial charge in [-0.2, -0.15) is 18.4 Å². The van der Waals surface area contributed by atoms with Crippen LogP contribution in [0, 0.1) is 11.3 Å². The van der Waals surface area contributed by atoms with Crippen molar-refractivity contribution in [1.82, 2.24) is 14.5 Å². The lowest BCUT2D eigenvalue weighted by Crippen LogP contribution is -2.06. The minimum atomic E-state index is -4.52. The van der Waals surface area contributed by atoms with Gasteiger partial charge in [0.25, 0.3) is 0 Å². The van der Waals surface area contributed by atoms with E-state index in [2.05, 4.69) is 16.0 Å². The number of hydrogen-bond acceptors (Lipinski definition) is 4. The molecule has 0 atom stereocenters. The number of para-hydroxylation sites is 2. The van der Waals surface area contributed by atoms with Crippen LogP contribution in [0.3, 0.4) is 0 Å². The van der Waals surface area contributed by atoms with Crippen molar-refractivity contribution in [3.63, 3.8) is 0 Å². The molecule has 150 valence electrons. The van der Waals surface area contributed by atoms with Gasteiger partial charge in [0.1, 0.15) is 5.03 Å². The smallest absolute Gasteiger partial charge is 0.314 e. The first-order valence-electron chi connectivity index (χ1n) is 8.70. The van der Waals surface area contributed by atoms with Crippen LogP contribution >= 0.6 is 23.4 Å². The predicted octanol–water partition coefficient (Wildman–Crippen LogP) is 6.17. The number of aromatic nitrogens is 3. The fourth-order valence-electron chi connectivity index (χ4n) is 2.95. The summed E-state index contributed by atoms with van der Waals surface area (Å²) in [5, 5.41) is 9.81. The first kappa shape index (κ1) is 20.3. The van der Waals surface area contributed by atoms with Crippen molar-refractivity contribution in [3.05, 3.63) is 82.5 Å². The summed E-state index contributed by atoms with van der Waals surface area (Å²) in [5.74, 6) is 0. The van der Waals surface area contributed by atoms with Crippen LogP contribution in [0.1, 0.15) is 16.7 Å². The summed E-state index contributed by atoms with van der Waals surface area (Å²) >= 11 is 7.17. The number of halogens is 4. The predicted molar refractivity (Wildman–Crippen MR) is 108 cm³/mol. The van der Waals surface area contributed by atoms with Gasteiger partial charge in [-0.3, -0.25) is 0 Å². The van der Waals surface area contributed by atoms with E-state index in [4.69, 9.17) is 16.9 Å². The van der Waals surface area contributed by atoms with E-state index < -0.39 is 11.7 Å². The van der Waals surface area contributed by atoms with Crippen LogP contribution < -0.4 is 0 Å². The average Bonchev–Trinajstić information content (AvgIpc) is 3.06. The lowest BCUT2D eigenvalue weighted by Gasteiger charge is -2.11. The first-order valence-corrected chi connectivity index (χ1v) is 9.89. The molecule has 0 aliphatic carbocycles. The number of rotatable bonds is 4. The summed E-state index contributed by atoms with van der Waals surface area (Å²) in [6.45, 7) is 0.427. The molecule has 0 saturated carbocycles. The SMILES string of the molecule is N#Cc1cccc(Cn2c(Sc3ncc(C(F)(F)F)cc3Cl)nc3ccccc32)c1. The van der Waals surface area contributed by atoms with E-state index in [9.17, 15) is 13.2 Å². The second-order valence-electron chi connectivity index (χ2n) is 6.39. The Kier molecular flexibility index (Phi) is 5.41. The molecule has 2 aromatic heterocycles. The number of imidazole rings is 1. The number of nitrogens with zero attached hydrogens (tertiary/aromatic N) is 4. The zero-order valence-electron chi connectivity index (χ0n) is 15.2. The van der Waals surface area contributed by atoms with Crippen molar-refractivity contribution in [2.24, 2.45) is 0 Å². The molecule has 0 radical (unpaired) electrons. The highest BCUT2D eigenvalue weighted by atomic mass is 35.5. The third-order valence-corrected chi connectivity index (χ3v) is 5.75. The molecule has 0 saturated heterocycles. The van der Waals surface area contributed by atoms with Crippen LogP contribution in [0.25, 0.3) is 11.0 Å². The molecule has 2 heterocycles. The van der Waals surface area contributed by atoms with E-state index in [0.717, 1.165) is 40.6 Å². The van der Waals surface area contributed by atoms with Gasteiger partial charge in [-0.25, -0.2) is 9.97 Å². The second-order valence-corrected chi connectivity index (χ2v) is 7.76. The van der Waals surface area contributed by atoms with E-state index >= 15 is 0 Å². The fourth-order valence-corrected chi connectivity index (χ4v) is 4.08. The molecule has 0 amide bonds. The number of alkyl halides is 3. The molecule has 9 heteroatoms. The van der Waals surface area contributed by atoms with Gasteiger partial charge >= 0.3 is 6.18 Å². The molecule has 0 fully saturated rings. The Balaban J connectivity index is 1.74. The molecular weight excluding hydrogens is 433 g/mol. The standard InChI is InChI=1S/C21H12ClF3N4S/c22-16-9-15(21(23,24)25)11-27-19(16)30-20-28-17-6-1-2-7-18(17)29(20)12-14-5-3-4-13(8-14)10-26/h1-9,11H,12H2. The van der Waals surface area contributed by atoms with Gasteiger partial charge in [-0.1, -0.05) is 35.9 Å². The Morgan fingerprint density at radius 3 is 2.63 bits per heavy atom. The van der Waals surface area contributed by atoms with Crippen LogP contribution in [-0.4, -0.2) is 14.5 Å². The maximum atomic E-state index is 12.9. The van der Waals surface area contributed by atoms with Crippen LogP contribution in [-0.2, 0) is 12.7 Å². The van der Waals surface area contributed by atoms with Gasteiger partial charge in [-0.15, -0.1) is 0 Å². The zero-order chi connectivity index (χ0) is 21.3. The Morgan fingerprint density at radius 1 is 1.10 bits per heavy atom. The Hall–Kier alpha value is -3.02. The molecule has 0 bridgehead atoms. The topological polar surface area (TPSA) is 54.5 Å². The largest absolute Gasteiger partial charge is 0.417 e. The van der Waals surface area contributed by atoms with Crippen molar-refractivity contribution < 1.29 is 13.2 Å². The quantitative estimate of drug-likeness (QED) is 0.377. The highest BCUT2D eigenvalue weighted by Crippen LogP contribution is 2.37.